The first kappa shape index (κ1) is 12.6. The van der Waals surface area contributed by atoms with Crippen molar-refractivity contribution in [1.29, 1.82) is 0 Å². The fourth-order valence-corrected chi connectivity index (χ4v) is 1.53. The average Bonchev–Trinajstić information content (AvgIpc) is 2.29. The lowest BCUT2D eigenvalue weighted by atomic mass is 10.1. The van der Waals surface area contributed by atoms with Crippen LogP contribution in [0.1, 0.15) is 38.4 Å². The zero-order valence-corrected chi connectivity index (χ0v) is 10.0. The van der Waals surface area contributed by atoms with Gasteiger partial charge in [0.2, 0.25) is 0 Å². The maximum atomic E-state index is 11.4. The maximum Gasteiger partial charge on any atom is 0.306 e. The van der Waals surface area contributed by atoms with Crippen LogP contribution in [0.2, 0.25) is 0 Å². The van der Waals surface area contributed by atoms with Crippen LogP contribution in [-0.2, 0) is 9.53 Å². The minimum atomic E-state index is -0.268. The van der Waals surface area contributed by atoms with Crippen LogP contribution >= 0.6 is 0 Å². The van der Waals surface area contributed by atoms with Gasteiger partial charge >= 0.3 is 5.97 Å². The summed E-state index contributed by atoms with van der Waals surface area (Å²) in [4.78, 5) is 11.4. The Hall–Kier alpha value is -1.51. The van der Waals surface area contributed by atoms with Crippen molar-refractivity contribution in [3.05, 3.63) is 29.8 Å². The molecule has 0 aliphatic rings. The summed E-state index contributed by atoms with van der Waals surface area (Å²) < 4.78 is 10.5. The first-order valence-corrected chi connectivity index (χ1v) is 5.51. The molecule has 16 heavy (non-hydrogen) atoms. The van der Waals surface area contributed by atoms with Gasteiger partial charge in [0.25, 0.3) is 0 Å². The van der Waals surface area contributed by atoms with E-state index in [1.54, 1.807) is 7.11 Å². The largest absolute Gasteiger partial charge is 0.496 e. The van der Waals surface area contributed by atoms with Gasteiger partial charge in [0, 0.05) is 12.0 Å². The standard InChI is InChI=1S/C13H18O3/c1-4-7-13(14)16-10(2)11-8-5-6-9-12(11)15-3/h5-6,8-10H,4,7H2,1-3H3. The number of hydrogen-bond donors (Lipinski definition) is 0. The van der Waals surface area contributed by atoms with E-state index >= 15 is 0 Å². The van der Waals surface area contributed by atoms with Gasteiger partial charge in [-0.15, -0.1) is 0 Å². The number of benzene rings is 1. The third-order valence-electron chi connectivity index (χ3n) is 2.34. The number of rotatable bonds is 5. The Morgan fingerprint density at radius 1 is 1.38 bits per heavy atom. The van der Waals surface area contributed by atoms with E-state index in [1.807, 2.05) is 38.1 Å². The van der Waals surface area contributed by atoms with Crippen LogP contribution in [0.15, 0.2) is 24.3 Å². The maximum absolute atomic E-state index is 11.4. The number of methoxy groups -OCH3 is 1. The monoisotopic (exact) mass is 222 g/mol. The molecule has 1 rings (SSSR count). The molecular weight excluding hydrogens is 204 g/mol. The Bertz CT molecular complexity index is 347. The van der Waals surface area contributed by atoms with E-state index in [-0.39, 0.29) is 12.1 Å². The predicted molar refractivity (Wildman–Crippen MR) is 62.4 cm³/mol. The van der Waals surface area contributed by atoms with Crippen LogP contribution in [0.5, 0.6) is 5.75 Å². The van der Waals surface area contributed by atoms with Crippen LogP contribution < -0.4 is 4.74 Å². The first-order chi connectivity index (χ1) is 7.69. The highest BCUT2D eigenvalue weighted by Crippen LogP contribution is 2.27. The Morgan fingerprint density at radius 2 is 2.06 bits per heavy atom. The van der Waals surface area contributed by atoms with E-state index in [9.17, 15) is 4.79 Å². The molecule has 0 heterocycles. The van der Waals surface area contributed by atoms with Crippen LogP contribution in [0, 0.1) is 0 Å². The molecule has 0 amide bonds. The number of para-hydroxylation sites is 1. The van der Waals surface area contributed by atoms with Crippen LogP contribution in [0.3, 0.4) is 0 Å². The number of esters is 1. The van der Waals surface area contributed by atoms with Gasteiger partial charge in [0.05, 0.1) is 7.11 Å². The molecule has 0 saturated carbocycles. The molecular formula is C13H18O3. The molecule has 0 aliphatic heterocycles. The van der Waals surface area contributed by atoms with E-state index in [4.69, 9.17) is 9.47 Å². The quantitative estimate of drug-likeness (QED) is 0.718. The van der Waals surface area contributed by atoms with Crippen molar-refractivity contribution in [3.8, 4) is 5.75 Å². The molecule has 0 aromatic heterocycles. The van der Waals surface area contributed by atoms with Crippen molar-refractivity contribution >= 4 is 5.97 Å². The lowest BCUT2D eigenvalue weighted by Crippen LogP contribution is -2.09. The molecule has 0 saturated heterocycles. The van der Waals surface area contributed by atoms with E-state index < -0.39 is 0 Å². The molecule has 0 aliphatic carbocycles. The molecule has 0 N–H and O–H groups in total. The lowest BCUT2D eigenvalue weighted by Gasteiger charge is -2.16. The van der Waals surface area contributed by atoms with Crippen molar-refractivity contribution in [2.45, 2.75) is 32.8 Å². The summed E-state index contributed by atoms with van der Waals surface area (Å²) in [6.45, 7) is 3.81. The van der Waals surface area contributed by atoms with Crippen molar-refractivity contribution in [3.63, 3.8) is 0 Å². The average molecular weight is 222 g/mol. The molecule has 1 aromatic carbocycles. The van der Waals surface area contributed by atoms with Gasteiger partial charge in [-0.3, -0.25) is 4.79 Å². The van der Waals surface area contributed by atoms with E-state index in [0.717, 1.165) is 17.7 Å². The Kier molecular flexibility index (Phi) is 4.83. The van der Waals surface area contributed by atoms with E-state index in [1.165, 1.54) is 0 Å². The third-order valence-corrected chi connectivity index (χ3v) is 2.34. The minimum Gasteiger partial charge on any atom is -0.496 e. The van der Waals surface area contributed by atoms with Crippen LogP contribution in [-0.4, -0.2) is 13.1 Å². The molecule has 0 radical (unpaired) electrons. The zero-order valence-electron chi connectivity index (χ0n) is 10.0. The van der Waals surface area contributed by atoms with Gasteiger partial charge in [0.1, 0.15) is 11.9 Å². The lowest BCUT2D eigenvalue weighted by molar-refractivity contribution is -0.148. The highest BCUT2D eigenvalue weighted by Gasteiger charge is 2.14. The molecule has 0 bridgehead atoms. The summed E-state index contributed by atoms with van der Waals surface area (Å²) >= 11 is 0. The Balaban J connectivity index is 2.72. The first-order valence-electron chi connectivity index (χ1n) is 5.51. The molecule has 3 nitrogen and oxygen atoms in total. The molecule has 1 aromatic rings. The summed E-state index contributed by atoms with van der Waals surface area (Å²) in [5, 5.41) is 0. The number of hydrogen-bond acceptors (Lipinski definition) is 3. The second-order valence-electron chi connectivity index (χ2n) is 3.62. The summed E-state index contributed by atoms with van der Waals surface area (Å²) in [5.74, 6) is 0.584. The van der Waals surface area contributed by atoms with Gasteiger partial charge in [0.15, 0.2) is 0 Å². The van der Waals surface area contributed by atoms with Crippen molar-refractivity contribution in [1.82, 2.24) is 0 Å². The van der Waals surface area contributed by atoms with Gasteiger partial charge < -0.3 is 9.47 Å². The molecule has 1 unspecified atom stereocenters. The zero-order chi connectivity index (χ0) is 12.0. The fourth-order valence-electron chi connectivity index (χ4n) is 1.53. The molecule has 88 valence electrons. The SMILES string of the molecule is CCCC(=O)OC(C)c1ccccc1OC. The summed E-state index contributed by atoms with van der Waals surface area (Å²) in [5.41, 5.74) is 0.898. The van der Waals surface area contributed by atoms with Crippen LogP contribution in [0.25, 0.3) is 0 Å². The molecule has 1 atom stereocenters. The van der Waals surface area contributed by atoms with Crippen molar-refractivity contribution in [2.24, 2.45) is 0 Å². The van der Waals surface area contributed by atoms with Gasteiger partial charge in [-0.25, -0.2) is 0 Å². The van der Waals surface area contributed by atoms with Gasteiger partial charge in [-0.1, -0.05) is 25.1 Å². The van der Waals surface area contributed by atoms with Crippen LogP contribution in [0.4, 0.5) is 0 Å². The molecule has 0 fully saturated rings. The van der Waals surface area contributed by atoms with E-state index in [2.05, 4.69) is 0 Å². The smallest absolute Gasteiger partial charge is 0.306 e. The van der Waals surface area contributed by atoms with Crippen molar-refractivity contribution in [2.75, 3.05) is 7.11 Å². The highest BCUT2D eigenvalue weighted by atomic mass is 16.5. The summed E-state index contributed by atoms with van der Waals surface area (Å²) in [6, 6.07) is 7.56. The number of carbonyl (C=O) groups excluding carboxylic acids is 1. The minimum absolute atomic E-state index is 0.166. The van der Waals surface area contributed by atoms with Crippen molar-refractivity contribution < 1.29 is 14.3 Å². The van der Waals surface area contributed by atoms with Gasteiger partial charge in [-0.05, 0) is 19.4 Å². The summed E-state index contributed by atoms with van der Waals surface area (Å²) in [7, 11) is 1.61. The fraction of sp³-hybridized carbons (Fsp3) is 0.462. The second-order valence-corrected chi connectivity index (χ2v) is 3.62. The predicted octanol–water partition coefficient (Wildman–Crippen LogP) is 3.10. The topological polar surface area (TPSA) is 35.5 Å². The van der Waals surface area contributed by atoms with Gasteiger partial charge in [-0.2, -0.15) is 0 Å². The molecule has 3 heteroatoms. The van der Waals surface area contributed by atoms with E-state index in [0.29, 0.717) is 6.42 Å². The normalized spacial score (nSPS) is 11.9. The summed E-state index contributed by atoms with van der Waals surface area (Å²) in [6.07, 6.45) is 0.993. The number of ether oxygens (including phenoxy) is 2. The second kappa shape index (κ2) is 6.16. The number of carbonyl (C=O) groups is 1. The Morgan fingerprint density at radius 3 is 2.69 bits per heavy atom. The highest BCUT2D eigenvalue weighted by molar-refractivity contribution is 5.69. The molecule has 0 spiro atoms. The Labute approximate surface area is 96.4 Å². The third kappa shape index (κ3) is 3.26.